The zero-order chi connectivity index (χ0) is 16.8. The van der Waals surface area contributed by atoms with Crippen molar-refractivity contribution in [1.29, 1.82) is 0 Å². The number of nitrogens with one attached hydrogen (secondary N) is 2. The van der Waals surface area contributed by atoms with Gasteiger partial charge in [0, 0.05) is 12.2 Å². The summed E-state index contributed by atoms with van der Waals surface area (Å²) in [5.74, 6) is 0.0827. The maximum atomic E-state index is 13.5. The molecule has 2 N–H and O–H groups in total. The molecule has 2 aromatic carbocycles. The van der Waals surface area contributed by atoms with Gasteiger partial charge in [-0.3, -0.25) is 0 Å². The lowest BCUT2D eigenvalue weighted by Crippen LogP contribution is -2.31. The van der Waals surface area contributed by atoms with Gasteiger partial charge in [0.25, 0.3) is 0 Å². The predicted molar refractivity (Wildman–Crippen MR) is 92.4 cm³/mol. The summed E-state index contributed by atoms with van der Waals surface area (Å²) in [4.78, 5) is 12.1. The Morgan fingerprint density at radius 1 is 1.13 bits per heavy atom. The molecule has 0 bridgehead atoms. The maximum absolute atomic E-state index is 13.5. The fourth-order valence-electron chi connectivity index (χ4n) is 2.51. The number of halogens is 1. The number of benzene rings is 2. The Kier molecular flexibility index (Phi) is 5.74. The lowest BCUT2D eigenvalue weighted by Gasteiger charge is -2.16. The van der Waals surface area contributed by atoms with Crippen LogP contribution >= 0.6 is 0 Å². The van der Waals surface area contributed by atoms with Crippen molar-refractivity contribution in [2.24, 2.45) is 0 Å². The number of aryl methyl sites for hydroxylation is 1. The summed E-state index contributed by atoms with van der Waals surface area (Å²) in [7, 11) is 0. The van der Waals surface area contributed by atoms with Crippen LogP contribution < -0.4 is 10.6 Å². The Labute approximate surface area is 136 Å². The minimum absolute atomic E-state index is 0.240. The zero-order valence-corrected chi connectivity index (χ0v) is 13.8. The normalized spacial score (nSPS) is 10.7. The van der Waals surface area contributed by atoms with Crippen LogP contribution in [0.25, 0.3) is 0 Å². The van der Waals surface area contributed by atoms with E-state index >= 15 is 0 Å². The number of hydrogen-bond donors (Lipinski definition) is 2. The number of hydrogen-bond acceptors (Lipinski definition) is 1. The van der Waals surface area contributed by atoms with E-state index in [0.717, 1.165) is 16.8 Å². The first-order valence-electron chi connectivity index (χ1n) is 7.86. The number of anilines is 1. The van der Waals surface area contributed by atoms with Crippen molar-refractivity contribution < 1.29 is 9.18 Å². The van der Waals surface area contributed by atoms with Crippen LogP contribution in [0, 0.1) is 12.7 Å². The number of rotatable bonds is 5. The van der Waals surface area contributed by atoms with Gasteiger partial charge in [-0.05, 0) is 42.0 Å². The number of urea groups is 1. The molecule has 0 atom stereocenters. The van der Waals surface area contributed by atoms with Gasteiger partial charge in [-0.2, -0.15) is 0 Å². The molecule has 4 heteroatoms. The Bertz CT molecular complexity index is 683. The summed E-state index contributed by atoms with van der Waals surface area (Å²) in [6.45, 7) is 6.54. The van der Waals surface area contributed by atoms with Crippen molar-refractivity contribution >= 4 is 11.7 Å². The molecule has 0 spiro atoms. The largest absolute Gasteiger partial charge is 0.338 e. The van der Waals surface area contributed by atoms with Gasteiger partial charge in [-0.1, -0.05) is 50.2 Å². The van der Waals surface area contributed by atoms with Crippen molar-refractivity contribution in [2.45, 2.75) is 33.1 Å². The lowest BCUT2D eigenvalue weighted by atomic mass is 9.98. The first-order valence-corrected chi connectivity index (χ1v) is 7.86. The van der Waals surface area contributed by atoms with Crippen LogP contribution in [-0.2, 0) is 6.42 Å². The van der Waals surface area contributed by atoms with Gasteiger partial charge in [0.05, 0.1) is 0 Å². The van der Waals surface area contributed by atoms with Crippen molar-refractivity contribution in [1.82, 2.24) is 5.32 Å². The molecule has 2 rings (SSSR count). The third-order valence-electron chi connectivity index (χ3n) is 3.80. The molecule has 0 unspecified atom stereocenters. The Balaban J connectivity index is 1.94. The molecule has 0 saturated carbocycles. The van der Waals surface area contributed by atoms with E-state index in [4.69, 9.17) is 0 Å². The molecule has 0 heterocycles. The van der Waals surface area contributed by atoms with E-state index in [1.165, 1.54) is 6.07 Å². The van der Waals surface area contributed by atoms with Gasteiger partial charge < -0.3 is 10.6 Å². The fraction of sp³-hybridized carbons (Fsp3) is 0.316. The Morgan fingerprint density at radius 2 is 1.87 bits per heavy atom. The minimum Gasteiger partial charge on any atom is -0.338 e. The van der Waals surface area contributed by atoms with Gasteiger partial charge in [0.15, 0.2) is 0 Å². The average Bonchev–Trinajstić information content (AvgIpc) is 2.51. The standard InChI is InChI=1S/C19H23FN2O/c1-13(2)16-9-6-7-14(3)18(16)22-19(23)21-12-11-15-8-4-5-10-17(15)20/h4-10,13H,11-12H2,1-3H3,(H2,21,22,23). The second-order valence-corrected chi connectivity index (χ2v) is 5.92. The number of amides is 2. The van der Waals surface area contributed by atoms with E-state index < -0.39 is 0 Å². The molecule has 0 aliphatic heterocycles. The molecule has 2 amide bonds. The van der Waals surface area contributed by atoms with Crippen molar-refractivity contribution in [2.75, 3.05) is 11.9 Å². The third-order valence-corrected chi connectivity index (χ3v) is 3.80. The quantitative estimate of drug-likeness (QED) is 0.830. The van der Waals surface area contributed by atoms with Crippen LogP contribution in [0.2, 0.25) is 0 Å². The van der Waals surface area contributed by atoms with Crippen LogP contribution in [0.3, 0.4) is 0 Å². The molecule has 0 saturated heterocycles. The van der Waals surface area contributed by atoms with Crippen molar-refractivity contribution in [3.05, 3.63) is 65.0 Å². The molecule has 0 aromatic heterocycles. The number of carbonyl (C=O) groups is 1. The minimum atomic E-state index is -0.266. The summed E-state index contributed by atoms with van der Waals surface area (Å²) >= 11 is 0. The molecule has 2 aromatic rings. The summed E-state index contributed by atoms with van der Waals surface area (Å²) < 4.78 is 13.5. The van der Waals surface area contributed by atoms with Crippen LogP contribution in [0.4, 0.5) is 14.9 Å². The molecule has 23 heavy (non-hydrogen) atoms. The second kappa shape index (κ2) is 7.77. The summed E-state index contributed by atoms with van der Waals surface area (Å²) in [5, 5.41) is 5.70. The van der Waals surface area contributed by atoms with E-state index in [-0.39, 0.29) is 11.8 Å². The van der Waals surface area contributed by atoms with E-state index in [9.17, 15) is 9.18 Å². The van der Waals surface area contributed by atoms with Crippen LogP contribution in [0.15, 0.2) is 42.5 Å². The van der Waals surface area contributed by atoms with Gasteiger partial charge in [0.1, 0.15) is 5.82 Å². The summed E-state index contributed by atoms with van der Waals surface area (Å²) in [6, 6.07) is 12.3. The highest BCUT2D eigenvalue weighted by Crippen LogP contribution is 2.27. The molecule has 0 radical (unpaired) electrons. The molecule has 122 valence electrons. The van der Waals surface area contributed by atoms with E-state index in [0.29, 0.717) is 24.4 Å². The van der Waals surface area contributed by atoms with Gasteiger partial charge in [0.2, 0.25) is 0 Å². The van der Waals surface area contributed by atoms with E-state index in [2.05, 4.69) is 24.5 Å². The van der Waals surface area contributed by atoms with Crippen molar-refractivity contribution in [3.63, 3.8) is 0 Å². The second-order valence-electron chi connectivity index (χ2n) is 5.92. The highest BCUT2D eigenvalue weighted by atomic mass is 19.1. The van der Waals surface area contributed by atoms with E-state index in [1.807, 2.05) is 25.1 Å². The topological polar surface area (TPSA) is 41.1 Å². The van der Waals surface area contributed by atoms with Gasteiger partial charge >= 0.3 is 6.03 Å². The number of carbonyl (C=O) groups excluding carboxylic acids is 1. The lowest BCUT2D eigenvalue weighted by molar-refractivity contribution is 0.252. The van der Waals surface area contributed by atoms with Crippen LogP contribution in [0.1, 0.15) is 36.5 Å². The van der Waals surface area contributed by atoms with Crippen LogP contribution in [0.5, 0.6) is 0 Å². The Morgan fingerprint density at radius 3 is 2.57 bits per heavy atom. The highest BCUT2D eigenvalue weighted by molar-refractivity contribution is 5.91. The summed E-state index contributed by atoms with van der Waals surface area (Å²) in [5.41, 5.74) is 3.59. The molecule has 3 nitrogen and oxygen atoms in total. The molecular weight excluding hydrogens is 291 g/mol. The van der Waals surface area contributed by atoms with Gasteiger partial charge in [-0.15, -0.1) is 0 Å². The van der Waals surface area contributed by atoms with E-state index in [1.54, 1.807) is 18.2 Å². The zero-order valence-electron chi connectivity index (χ0n) is 13.8. The molecule has 0 fully saturated rings. The maximum Gasteiger partial charge on any atom is 0.319 e. The fourth-order valence-corrected chi connectivity index (χ4v) is 2.51. The monoisotopic (exact) mass is 314 g/mol. The molecule has 0 aliphatic carbocycles. The highest BCUT2D eigenvalue weighted by Gasteiger charge is 2.11. The first-order chi connectivity index (χ1) is 11.0. The smallest absolute Gasteiger partial charge is 0.319 e. The third kappa shape index (κ3) is 4.55. The molecule has 0 aliphatic rings. The molecular formula is C19H23FN2O. The summed E-state index contributed by atoms with van der Waals surface area (Å²) in [6.07, 6.45) is 0.463. The predicted octanol–water partition coefficient (Wildman–Crippen LogP) is 4.62. The number of para-hydroxylation sites is 1. The van der Waals surface area contributed by atoms with Crippen molar-refractivity contribution in [3.8, 4) is 0 Å². The first kappa shape index (κ1) is 17.0. The SMILES string of the molecule is Cc1cccc(C(C)C)c1NC(=O)NCCc1ccccc1F. The average molecular weight is 314 g/mol. The van der Waals surface area contributed by atoms with Gasteiger partial charge in [-0.25, -0.2) is 9.18 Å². The Hall–Kier alpha value is -2.36. The van der Waals surface area contributed by atoms with Crippen LogP contribution in [-0.4, -0.2) is 12.6 Å².